The SMILES string of the molecule is NC(=O)c1cccc(NCC(=O)Nc2cccc3ccccc23)c1. The number of hydrogen-bond acceptors (Lipinski definition) is 3. The van der Waals surface area contributed by atoms with Crippen LogP contribution >= 0.6 is 0 Å². The van der Waals surface area contributed by atoms with Crippen molar-refractivity contribution in [2.24, 2.45) is 5.73 Å². The minimum Gasteiger partial charge on any atom is -0.376 e. The molecule has 0 aliphatic carbocycles. The van der Waals surface area contributed by atoms with Gasteiger partial charge in [0.15, 0.2) is 0 Å². The first-order valence-electron chi connectivity index (χ1n) is 7.55. The standard InChI is InChI=1S/C19H17N3O2/c20-19(24)14-7-3-8-15(11-14)21-12-18(23)22-17-10-4-6-13-5-1-2-9-16(13)17/h1-11,21H,12H2,(H2,20,24)(H,22,23). The fourth-order valence-corrected chi connectivity index (χ4v) is 2.49. The summed E-state index contributed by atoms with van der Waals surface area (Å²) in [6, 6.07) is 20.4. The molecule has 120 valence electrons. The minimum absolute atomic E-state index is 0.0887. The van der Waals surface area contributed by atoms with Crippen LogP contribution in [0, 0.1) is 0 Å². The van der Waals surface area contributed by atoms with Gasteiger partial charge in [-0.15, -0.1) is 0 Å². The smallest absolute Gasteiger partial charge is 0.248 e. The number of hydrogen-bond donors (Lipinski definition) is 3. The molecule has 0 saturated heterocycles. The number of anilines is 2. The van der Waals surface area contributed by atoms with Crippen molar-refractivity contribution in [3.63, 3.8) is 0 Å². The van der Waals surface area contributed by atoms with Gasteiger partial charge in [0.05, 0.1) is 6.54 Å². The molecule has 5 nitrogen and oxygen atoms in total. The van der Waals surface area contributed by atoms with Gasteiger partial charge in [0.2, 0.25) is 11.8 Å². The molecule has 2 amide bonds. The quantitative estimate of drug-likeness (QED) is 0.676. The maximum atomic E-state index is 12.2. The zero-order valence-corrected chi connectivity index (χ0v) is 13.0. The van der Waals surface area contributed by atoms with Gasteiger partial charge < -0.3 is 16.4 Å². The largest absolute Gasteiger partial charge is 0.376 e. The Morgan fingerprint density at radius 1 is 0.917 bits per heavy atom. The number of carbonyl (C=O) groups is 2. The van der Waals surface area contributed by atoms with Crippen LogP contribution in [0.15, 0.2) is 66.7 Å². The maximum absolute atomic E-state index is 12.2. The van der Waals surface area contributed by atoms with Crippen LogP contribution in [0.3, 0.4) is 0 Å². The number of benzene rings is 3. The van der Waals surface area contributed by atoms with Crippen molar-refractivity contribution >= 4 is 34.0 Å². The molecule has 0 aliphatic heterocycles. The number of nitrogens with one attached hydrogen (secondary N) is 2. The van der Waals surface area contributed by atoms with Crippen LogP contribution in [0.5, 0.6) is 0 Å². The molecule has 0 unspecified atom stereocenters. The van der Waals surface area contributed by atoms with Gasteiger partial charge in [-0.1, -0.05) is 42.5 Å². The van der Waals surface area contributed by atoms with Gasteiger partial charge >= 0.3 is 0 Å². The molecule has 4 N–H and O–H groups in total. The summed E-state index contributed by atoms with van der Waals surface area (Å²) >= 11 is 0. The third kappa shape index (κ3) is 3.52. The molecule has 0 aliphatic rings. The van der Waals surface area contributed by atoms with E-state index >= 15 is 0 Å². The second kappa shape index (κ2) is 6.83. The average Bonchev–Trinajstić information content (AvgIpc) is 2.60. The lowest BCUT2D eigenvalue weighted by molar-refractivity contribution is -0.114. The highest BCUT2D eigenvalue weighted by molar-refractivity contribution is 6.03. The van der Waals surface area contributed by atoms with Crippen LogP contribution in [0.2, 0.25) is 0 Å². The summed E-state index contributed by atoms with van der Waals surface area (Å²) in [5, 5.41) is 7.94. The molecule has 0 heterocycles. The predicted octanol–water partition coefficient (Wildman–Crippen LogP) is 2.99. The van der Waals surface area contributed by atoms with Gasteiger partial charge in [-0.05, 0) is 29.7 Å². The van der Waals surface area contributed by atoms with Crippen LogP contribution in [0.25, 0.3) is 10.8 Å². The molecule has 0 aromatic heterocycles. The molecule has 0 fully saturated rings. The molecule has 3 aromatic rings. The number of amides is 2. The minimum atomic E-state index is -0.501. The van der Waals surface area contributed by atoms with E-state index in [1.54, 1.807) is 24.3 Å². The Hall–Kier alpha value is -3.34. The second-order valence-corrected chi connectivity index (χ2v) is 5.37. The normalized spacial score (nSPS) is 10.3. The fraction of sp³-hybridized carbons (Fsp3) is 0.0526. The summed E-state index contributed by atoms with van der Waals surface area (Å²) in [4.78, 5) is 23.4. The average molecular weight is 319 g/mol. The van der Waals surface area contributed by atoms with E-state index in [1.165, 1.54) is 0 Å². The molecular weight excluding hydrogens is 302 g/mol. The van der Waals surface area contributed by atoms with Crippen LogP contribution in [-0.4, -0.2) is 18.4 Å². The number of primary amides is 1. The fourth-order valence-electron chi connectivity index (χ4n) is 2.49. The lowest BCUT2D eigenvalue weighted by Crippen LogP contribution is -2.22. The Kier molecular flexibility index (Phi) is 4.43. The molecule has 0 radical (unpaired) electrons. The summed E-state index contributed by atoms with van der Waals surface area (Å²) in [5.74, 6) is -0.672. The molecule has 0 saturated carbocycles. The zero-order valence-electron chi connectivity index (χ0n) is 13.0. The highest BCUT2D eigenvalue weighted by Gasteiger charge is 2.06. The van der Waals surface area contributed by atoms with Gasteiger partial charge in [0.1, 0.15) is 0 Å². The Morgan fingerprint density at radius 3 is 2.50 bits per heavy atom. The number of rotatable bonds is 5. The molecule has 3 rings (SSSR count). The summed E-state index contributed by atoms with van der Waals surface area (Å²) in [6.07, 6.45) is 0. The van der Waals surface area contributed by atoms with E-state index in [1.807, 2.05) is 42.5 Å². The van der Waals surface area contributed by atoms with Crippen molar-refractivity contribution < 1.29 is 9.59 Å². The van der Waals surface area contributed by atoms with Crippen molar-refractivity contribution in [1.29, 1.82) is 0 Å². The van der Waals surface area contributed by atoms with Crippen molar-refractivity contribution in [3.8, 4) is 0 Å². The van der Waals surface area contributed by atoms with Gasteiger partial charge in [0, 0.05) is 22.3 Å². The van der Waals surface area contributed by atoms with E-state index in [2.05, 4.69) is 10.6 Å². The highest BCUT2D eigenvalue weighted by atomic mass is 16.2. The van der Waals surface area contributed by atoms with E-state index < -0.39 is 5.91 Å². The summed E-state index contributed by atoms with van der Waals surface area (Å²) < 4.78 is 0. The van der Waals surface area contributed by atoms with Crippen molar-refractivity contribution in [2.75, 3.05) is 17.2 Å². The number of nitrogens with two attached hydrogens (primary N) is 1. The first kappa shape index (κ1) is 15.6. The third-order valence-corrected chi connectivity index (χ3v) is 3.66. The maximum Gasteiger partial charge on any atom is 0.248 e. The molecule has 3 aromatic carbocycles. The first-order valence-corrected chi connectivity index (χ1v) is 7.55. The second-order valence-electron chi connectivity index (χ2n) is 5.37. The molecule has 24 heavy (non-hydrogen) atoms. The monoisotopic (exact) mass is 319 g/mol. The molecule has 5 heteroatoms. The topological polar surface area (TPSA) is 84.2 Å². The Balaban J connectivity index is 1.67. The van der Waals surface area contributed by atoms with Crippen LogP contribution in [-0.2, 0) is 4.79 Å². The van der Waals surface area contributed by atoms with E-state index in [0.717, 1.165) is 16.5 Å². The highest BCUT2D eigenvalue weighted by Crippen LogP contribution is 2.22. The lowest BCUT2D eigenvalue weighted by atomic mass is 10.1. The number of fused-ring (bicyclic) bond motifs is 1. The summed E-state index contributed by atoms with van der Waals surface area (Å²) in [5.41, 5.74) is 7.08. The van der Waals surface area contributed by atoms with Crippen molar-refractivity contribution in [3.05, 3.63) is 72.3 Å². The van der Waals surface area contributed by atoms with Crippen LogP contribution in [0.4, 0.5) is 11.4 Å². The van der Waals surface area contributed by atoms with Gasteiger partial charge in [0.25, 0.3) is 0 Å². The summed E-state index contributed by atoms with van der Waals surface area (Å²) in [7, 11) is 0. The molecule has 0 spiro atoms. The van der Waals surface area contributed by atoms with E-state index in [0.29, 0.717) is 11.3 Å². The zero-order chi connectivity index (χ0) is 16.9. The Labute approximate surface area is 139 Å². The first-order chi connectivity index (χ1) is 11.6. The van der Waals surface area contributed by atoms with Crippen LogP contribution in [0.1, 0.15) is 10.4 Å². The van der Waals surface area contributed by atoms with Crippen molar-refractivity contribution in [1.82, 2.24) is 0 Å². The Morgan fingerprint density at radius 2 is 1.67 bits per heavy atom. The van der Waals surface area contributed by atoms with Gasteiger partial charge in [-0.2, -0.15) is 0 Å². The molecule has 0 atom stereocenters. The summed E-state index contributed by atoms with van der Waals surface area (Å²) in [6.45, 7) is 0.0887. The molecule has 0 bridgehead atoms. The molecular formula is C19H17N3O2. The Bertz CT molecular complexity index is 901. The predicted molar refractivity (Wildman–Crippen MR) is 96.0 cm³/mol. The van der Waals surface area contributed by atoms with Gasteiger partial charge in [-0.3, -0.25) is 9.59 Å². The number of carbonyl (C=O) groups excluding carboxylic acids is 2. The van der Waals surface area contributed by atoms with E-state index in [-0.39, 0.29) is 12.5 Å². The van der Waals surface area contributed by atoms with E-state index in [9.17, 15) is 9.59 Å². The van der Waals surface area contributed by atoms with Gasteiger partial charge in [-0.25, -0.2) is 0 Å². The van der Waals surface area contributed by atoms with Crippen molar-refractivity contribution in [2.45, 2.75) is 0 Å². The lowest BCUT2D eigenvalue weighted by Gasteiger charge is -2.10. The third-order valence-electron chi connectivity index (χ3n) is 3.66. The van der Waals surface area contributed by atoms with E-state index in [4.69, 9.17) is 5.73 Å². The van der Waals surface area contributed by atoms with Crippen LogP contribution < -0.4 is 16.4 Å².